The fourth-order valence-electron chi connectivity index (χ4n) is 2.50. The van der Waals surface area contributed by atoms with Gasteiger partial charge >= 0.3 is 5.97 Å². The number of benzene rings is 2. The molecule has 0 spiro atoms. The minimum atomic E-state index is -4.23. The second kappa shape index (κ2) is 10.5. The molecule has 3 N–H and O–H groups in total. The number of halogens is 2. The highest BCUT2D eigenvalue weighted by atomic mass is 32.2. The largest absolute Gasteiger partial charge is 0.481 e. The Hall–Kier alpha value is -3.54. The van der Waals surface area contributed by atoms with E-state index in [9.17, 15) is 26.8 Å². The lowest BCUT2D eigenvalue weighted by Crippen LogP contribution is -2.38. The van der Waals surface area contributed by atoms with E-state index in [0.29, 0.717) is 11.6 Å². The minimum absolute atomic E-state index is 0.160. The summed E-state index contributed by atoms with van der Waals surface area (Å²) >= 11 is 0. The molecule has 2 aromatic rings. The predicted octanol–water partition coefficient (Wildman–Crippen LogP) is 2.33. The molecule has 13 heteroatoms. The number of rotatable bonds is 10. The van der Waals surface area contributed by atoms with Crippen molar-refractivity contribution in [2.75, 3.05) is 6.54 Å². The first-order chi connectivity index (χ1) is 14.6. The van der Waals surface area contributed by atoms with Gasteiger partial charge < -0.3 is 10.4 Å². The first kappa shape index (κ1) is 23.7. The van der Waals surface area contributed by atoms with Gasteiger partial charge in [0, 0.05) is 35.7 Å². The average molecular weight is 453 g/mol. The Labute approximate surface area is 175 Å². The quantitative estimate of drug-likeness (QED) is 0.285. The molecule has 2 aromatic carbocycles. The average Bonchev–Trinajstić information content (AvgIpc) is 2.70. The van der Waals surface area contributed by atoms with Crippen LogP contribution in [-0.2, 0) is 21.4 Å². The Bertz CT molecular complexity index is 1110. The van der Waals surface area contributed by atoms with Crippen molar-refractivity contribution in [1.82, 2.24) is 10.0 Å². The third kappa shape index (κ3) is 7.03. The number of carboxylic acids is 1. The van der Waals surface area contributed by atoms with Gasteiger partial charge in [0.15, 0.2) is 0 Å². The Kier molecular flexibility index (Phi) is 8.02. The molecule has 0 bridgehead atoms. The van der Waals surface area contributed by atoms with Gasteiger partial charge in [0.2, 0.25) is 10.0 Å². The minimum Gasteiger partial charge on any atom is -0.481 e. The van der Waals surface area contributed by atoms with Crippen LogP contribution in [0.25, 0.3) is 10.4 Å². The predicted molar refractivity (Wildman–Crippen MR) is 104 cm³/mol. The molecule has 0 saturated heterocycles. The summed E-state index contributed by atoms with van der Waals surface area (Å²) < 4.78 is 53.2. The van der Waals surface area contributed by atoms with Crippen molar-refractivity contribution in [2.24, 2.45) is 5.11 Å². The van der Waals surface area contributed by atoms with E-state index in [-0.39, 0.29) is 18.7 Å². The molecule has 0 aliphatic carbocycles. The van der Waals surface area contributed by atoms with Gasteiger partial charge in [0.05, 0.1) is 6.42 Å². The van der Waals surface area contributed by atoms with Crippen LogP contribution in [0.2, 0.25) is 0 Å². The van der Waals surface area contributed by atoms with Gasteiger partial charge in [-0.1, -0.05) is 17.2 Å². The topological polar surface area (TPSA) is 161 Å². The van der Waals surface area contributed by atoms with Crippen LogP contribution >= 0.6 is 0 Å². The van der Waals surface area contributed by atoms with Gasteiger partial charge in [-0.05, 0) is 35.4 Å². The van der Waals surface area contributed by atoms with Gasteiger partial charge in [-0.25, -0.2) is 21.9 Å². The maximum Gasteiger partial charge on any atom is 0.305 e. The molecular weight excluding hydrogens is 436 g/mol. The van der Waals surface area contributed by atoms with Crippen LogP contribution in [0.3, 0.4) is 0 Å². The van der Waals surface area contributed by atoms with Crippen molar-refractivity contribution in [3.63, 3.8) is 0 Å². The van der Waals surface area contributed by atoms with Crippen molar-refractivity contribution in [3.8, 4) is 0 Å². The number of nitrogens with one attached hydrogen (secondary N) is 2. The van der Waals surface area contributed by atoms with E-state index in [1.165, 1.54) is 24.3 Å². The second-order valence-electron chi connectivity index (χ2n) is 6.28. The number of hydrogen-bond acceptors (Lipinski definition) is 5. The van der Waals surface area contributed by atoms with Gasteiger partial charge in [0.25, 0.3) is 5.91 Å². The van der Waals surface area contributed by atoms with Gasteiger partial charge in [-0.15, -0.1) is 0 Å². The number of sulfonamides is 1. The molecule has 164 valence electrons. The third-order valence-electron chi connectivity index (χ3n) is 3.99. The summed E-state index contributed by atoms with van der Waals surface area (Å²) in [6.07, 6.45) is -0.440. The number of nitrogens with zero attached hydrogens (tertiary/aromatic N) is 3. The zero-order chi connectivity index (χ0) is 23.0. The first-order valence-corrected chi connectivity index (χ1v) is 10.2. The Morgan fingerprint density at radius 2 is 1.84 bits per heavy atom. The molecule has 2 rings (SSSR count). The monoisotopic (exact) mass is 453 g/mol. The molecule has 0 fully saturated rings. The van der Waals surface area contributed by atoms with Crippen molar-refractivity contribution in [2.45, 2.75) is 23.9 Å². The van der Waals surface area contributed by atoms with Crippen molar-refractivity contribution < 1.29 is 31.9 Å². The number of carbonyl (C=O) groups excluding carboxylic acids is 1. The van der Waals surface area contributed by atoms with Crippen LogP contribution < -0.4 is 10.0 Å². The van der Waals surface area contributed by atoms with Crippen LogP contribution in [-0.4, -0.2) is 38.0 Å². The maximum atomic E-state index is 13.7. The van der Waals surface area contributed by atoms with E-state index in [0.717, 1.165) is 12.1 Å². The number of aliphatic carboxylic acids is 1. The van der Waals surface area contributed by atoms with E-state index < -0.39 is 50.9 Å². The van der Waals surface area contributed by atoms with E-state index in [2.05, 4.69) is 20.1 Å². The lowest BCUT2D eigenvalue weighted by atomic mass is 10.1. The fraction of sp³-hybridized carbons (Fsp3) is 0.222. The van der Waals surface area contributed by atoms with Crippen LogP contribution in [0.15, 0.2) is 52.5 Å². The zero-order valence-electron chi connectivity index (χ0n) is 15.8. The molecule has 0 heterocycles. The van der Waals surface area contributed by atoms with Crippen LogP contribution in [0, 0.1) is 11.6 Å². The van der Waals surface area contributed by atoms with E-state index >= 15 is 0 Å². The highest BCUT2D eigenvalue weighted by Gasteiger charge is 2.20. The molecule has 0 radical (unpaired) electrons. The van der Waals surface area contributed by atoms with Gasteiger partial charge in [0.1, 0.15) is 16.5 Å². The Morgan fingerprint density at radius 3 is 2.42 bits per heavy atom. The third-order valence-corrected chi connectivity index (χ3v) is 5.42. The fourth-order valence-corrected chi connectivity index (χ4v) is 3.57. The van der Waals surface area contributed by atoms with Gasteiger partial charge in [-0.2, -0.15) is 0 Å². The molecule has 0 aliphatic heterocycles. The van der Waals surface area contributed by atoms with E-state index in [4.69, 9.17) is 10.6 Å². The lowest BCUT2D eigenvalue weighted by molar-refractivity contribution is -0.137. The summed E-state index contributed by atoms with van der Waals surface area (Å²) in [4.78, 5) is 24.9. The van der Waals surface area contributed by atoms with Crippen LogP contribution in [0.4, 0.5) is 8.78 Å². The summed E-state index contributed by atoms with van der Waals surface area (Å²) in [6.45, 7) is -0.464. The molecular formula is C18H17F2N5O5S. The number of amides is 1. The first-order valence-electron chi connectivity index (χ1n) is 8.69. The second-order valence-corrected chi connectivity index (χ2v) is 8.01. The summed E-state index contributed by atoms with van der Waals surface area (Å²) in [5, 5.41) is 14.6. The molecule has 0 aromatic heterocycles. The van der Waals surface area contributed by atoms with E-state index in [1.807, 2.05) is 0 Å². The highest BCUT2D eigenvalue weighted by molar-refractivity contribution is 7.89. The molecule has 0 saturated carbocycles. The molecule has 1 atom stereocenters. The molecule has 0 unspecified atom stereocenters. The van der Waals surface area contributed by atoms with Crippen LogP contribution in [0.1, 0.15) is 22.3 Å². The van der Waals surface area contributed by atoms with Crippen LogP contribution in [0.5, 0.6) is 0 Å². The summed E-state index contributed by atoms with van der Waals surface area (Å²) in [7, 11) is -4.23. The smallest absolute Gasteiger partial charge is 0.305 e. The SMILES string of the molecule is [N-]=[N+]=NC[C@H](CC(=O)O)NC(=O)c1ccc(CNS(=O)(=O)c2ccc(F)cc2F)cc1. The molecule has 31 heavy (non-hydrogen) atoms. The number of azide groups is 1. The standard InChI is InChI=1S/C18H17F2N5O5S/c19-13-5-6-16(15(20)7-13)31(29,30)23-9-11-1-3-12(4-2-11)18(28)24-14(8-17(26)27)10-22-25-21/h1-7,14,23H,8-10H2,(H,24,28)(H,26,27)/t14-/m0/s1. The number of carboxylic acid groups (broad SMARTS) is 1. The number of carbonyl (C=O) groups is 2. The highest BCUT2D eigenvalue weighted by Crippen LogP contribution is 2.16. The summed E-state index contributed by atoms with van der Waals surface area (Å²) in [5.41, 5.74) is 8.95. The Balaban J connectivity index is 2.03. The van der Waals surface area contributed by atoms with E-state index in [1.54, 1.807) is 0 Å². The Morgan fingerprint density at radius 1 is 1.16 bits per heavy atom. The van der Waals surface area contributed by atoms with Crippen molar-refractivity contribution >= 4 is 21.9 Å². The zero-order valence-corrected chi connectivity index (χ0v) is 16.6. The molecule has 10 nitrogen and oxygen atoms in total. The summed E-state index contributed by atoms with van der Waals surface area (Å²) in [5.74, 6) is -3.93. The summed E-state index contributed by atoms with van der Waals surface area (Å²) in [6, 6.07) is 6.83. The lowest BCUT2D eigenvalue weighted by Gasteiger charge is -2.14. The molecule has 1 amide bonds. The normalized spacial score (nSPS) is 11.9. The maximum absolute atomic E-state index is 13.7. The van der Waals surface area contributed by atoms with Gasteiger partial charge in [-0.3, -0.25) is 9.59 Å². The van der Waals surface area contributed by atoms with Crippen molar-refractivity contribution in [1.29, 1.82) is 0 Å². The van der Waals surface area contributed by atoms with Crippen molar-refractivity contribution in [3.05, 3.63) is 75.7 Å². The number of hydrogen-bond donors (Lipinski definition) is 3. The molecule has 0 aliphatic rings.